The lowest BCUT2D eigenvalue weighted by Gasteiger charge is -2.00. The lowest BCUT2D eigenvalue weighted by atomic mass is 10.1. The van der Waals surface area contributed by atoms with Gasteiger partial charge in [-0.3, -0.25) is 4.79 Å². The average Bonchev–Trinajstić information content (AvgIpc) is 2.41. The fourth-order valence-corrected chi connectivity index (χ4v) is 1.70. The van der Waals surface area contributed by atoms with Gasteiger partial charge in [0.05, 0.1) is 0 Å². The predicted molar refractivity (Wildman–Crippen MR) is 80.8 cm³/mol. The number of aryl methyl sites for hydroxylation is 1. The van der Waals surface area contributed by atoms with Crippen LogP contribution in [0, 0.1) is 6.92 Å². The van der Waals surface area contributed by atoms with Gasteiger partial charge in [-0.15, -0.1) is 0 Å². The van der Waals surface area contributed by atoms with E-state index in [1.807, 2.05) is 37.3 Å². The first-order chi connectivity index (χ1) is 9.13. The Morgan fingerprint density at radius 1 is 1.21 bits per heavy atom. The Hall–Kier alpha value is -1.94. The standard InChI is InChI=1S/C15H13BrN2O/c1-11-2-4-12(5-3-11)6-9-15(19)18-14-8-7-13(16)10-17-14/h2-10H,1H3,(H,17,18,19)/b9-6+. The maximum atomic E-state index is 11.7. The molecular weight excluding hydrogens is 304 g/mol. The Balaban J connectivity index is 1.97. The molecule has 1 aromatic carbocycles. The number of hydrogen-bond acceptors (Lipinski definition) is 2. The van der Waals surface area contributed by atoms with Crippen molar-refractivity contribution in [1.82, 2.24) is 4.98 Å². The summed E-state index contributed by atoms with van der Waals surface area (Å²) in [5.74, 6) is 0.331. The van der Waals surface area contributed by atoms with E-state index in [0.29, 0.717) is 5.82 Å². The zero-order chi connectivity index (χ0) is 13.7. The summed E-state index contributed by atoms with van der Waals surface area (Å²) in [7, 11) is 0. The van der Waals surface area contributed by atoms with E-state index < -0.39 is 0 Å². The summed E-state index contributed by atoms with van der Waals surface area (Å²) in [4.78, 5) is 15.8. The number of aromatic nitrogens is 1. The number of anilines is 1. The van der Waals surface area contributed by atoms with Crippen LogP contribution in [0.5, 0.6) is 0 Å². The van der Waals surface area contributed by atoms with Crippen LogP contribution in [0.25, 0.3) is 6.08 Å². The Labute approximate surface area is 120 Å². The molecule has 0 spiro atoms. The zero-order valence-electron chi connectivity index (χ0n) is 10.4. The highest BCUT2D eigenvalue weighted by molar-refractivity contribution is 9.10. The van der Waals surface area contributed by atoms with Gasteiger partial charge in [-0.05, 0) is 46.6 Å². The molecule has 1 N–H and O–H groups in total. The van der Waals surface area contributed by atoms with Gasteiger partial charge in [0.25, 0.3) is 0 Å². The van der Waals surface area contributed by atoms with Crippen molar-refractivity contribution in [1.29, 1.82) is 0 Å². The van der Waals surface area contributed by atoms with Gasteiger partial charge in [0.1, 0.15) is 5.82 Å². The number of carbonyl (C=O) groups is 1. The van der Waals surface area contributed by atoms with E-state index in [4.69, 9.17) is 0 Å². The van der Waals surface area contributed by atoms with Crippen LogP contribution in [-0.4, -0.2) is 10.9 Å². The van der Waals surface area contributed by atoms with Crippen molar-refractivity contribution in [3.63, 3.8) is 0 Å². The first-order valence-corrected chi connectivity index (χ1v) is 6.60. The lowest BCUT2D eigenvalue weighted by molar-refractivity contribution is -0.111. The number of halogens is 1. The van der Waals surface area contributed by atoms with Crippen LogP contribution in [0.1, 0.15) is 11.1 Å². The second-order valence-corrected chi connectivity index (χ2v) is 5.01. The maximum absolute atomic E-state index is 11.7. The SMILES string of the molecule is Cc1ccc(/C=C/C(=O)Nc2ccc(Br)cn2)cc1. The Kier molecular flexibility index (Phi) is 4.47. The van der Waals surface area contributed by atoms with Crippen molar-refractivity contribution in [2.45, 2.75) is 6.92 Å². The second-order valence-electron chi connectivity index (χ2n) is 4.09. The molecule has 0 fully saturated rings. The number of rotatable bonds is 3. The number of nitrogens with zero attached hydrogens (tertiary/aromatic N) is 1. The van der Waals surface area contributed by atoms with Crippen molar-refractivity contribution in [2.75, 3.05) is 5.32 Å². The van der Waals surface area contributed by atoms with Crippen LogP contribution < -0.4 is 5.32 Å². The monoisotopic (exact) mass is 316 g/mol. The van der Waals surface area contributed by atoms with E-state index in [-0.39, 0.29) is 5.91 Å². The lowest BCUT2D eigenvalue weighted by Crippen LogP contribution is -2.08. The number of hydrogen-bond donors (Lipinski definition) is 1. The topological polar surface area (TPSA) is 42.0 Å². The minimum absolute atomic E-state index is 0.199. The average molecular weight is 317 g/mol. The van der Waals surface area contributed by atoms with Gasteiger partial charge < -0.3 is 5.32 Å². The highest BCUT2D eigenvalue weighted by Crippen LogP contribution is 2.10. The van der Waals surface area contributed by atoms with Crippen molar-refractivity contribution < 1.29 is 4.79 Å². The molecule has 0 bridgehead atoms. The molecule has 2 aromatic rings. The number of benzene rings is 1. The molecular formula is C15H13BrN2O. The van der Waals surface area contributed by atoms with Crippen LogP contribution in [0.15, 0.2) is 53.1 Å². The molecule has 96 valence electrons. The summed E-state index contributed by atoms with van der Waals surface area (Å²) in [5, 5.41) is 2.69. The van der Waals surface area contributed by atoms with Crippen molar-refractivity contribution in [2.24, 2.45) is 0 Å². The van der Waals surface area contributed by atoms with Gasteiger partial charge >= 0.3 is 0 Å². The first-order valence-electron chi connectivity index (χ1n) is 5.81. The Bertz CT molecular complexity index is 589. The molecule has 0 radical (unpaired) electrons. The third kappa shape index (κ3) is 4.34. The highest BCUT2D eigenvalue weighted by Gasteiger charge is 1.98. The molecule has 3 nitrogen and oxygen atoms in total. The normalized spacial score (nSPS) is 10.6. The fourth-order valence-electron chi connectivity index (χ4n) is 1.47. The molecule has 0 atom stereocenters. The van der Waals surface area contributed by atoms with Crippen LogP contribution in [0.3, 0.4) is 0 Å². The van der Waals surface area contributed by atoms with Crippen LogP contribution >= 0.6 is 15.9 Å². The molecule has 4 heteroatoms. The second kappa shape index (κ2) is 6.29. The van der Waals surface area contributed by atoms with Crippen molar-refractivity contribution in [3.8, 4) is 0 Å². The minimum Gasteiger partial charge on any atom is -0.307 e. The molecule has 0 unspecified atom stereocenters. The molecule has 0 saturated carbocycles. The largest absolute Gasteiger partial charge is 0.307 e. The molecule has 1 amide bonds. The minimum atomic E-state index is -0.199. The van der Waals surface area contributed by atoms with E-state index in [1.54, 1.807) is 18.3 Å². The van der Waals surface area contributed by atoms with E-state index in [1.165, 1.54) is 11.6 Å². The summed E-state index contributed by atoms with van der Waals surface area (Å²) in [6.07, 6.45) is 4.90. The molecule has 0 saturated heterocycles. The molecule has 0 aliphatic rings. The smallest absolute Gasteiger partial charge is 0.249 e. The Morgan fingerprint density at radius 3 is 2.58 bits per heavy atom. The van der Waals surface area contributed by atoms with E-state index >= 15 is 0 Å². The van der Waals surface area contributed by atoms with Gasteiger partial charge in [-0.25, -0.2) is 4.98 Å². The summed E-state index contributed by atoms with van der Waals surface area (Å²) >= 11 is 3.29. The van der Waals surface area contributed by atoms with E-state index in [0.717, 1.165) is 10.0 Å². The number of amides is 1. The molecule has 1 heterocycles. The van der Waals surface area contributed by atoms with Crippen molar-refractivity contribution in [3.05, 3.63) is 64.3 Å². The quantitative estimate of drug-likeness (QED) is 0.875. The summed E-state index contributed by atoms with van der Waals surface area (Å²) < 4.78 is 0.876. The van der Waals surface area contributed by atoms with Crippen molar-refractivity contribution >= 4 is 33.7 Å². The third-order valence-electron chi connectivity index (χ3n) is 2.48. The fraction of sp³-hybridized carbons (Fsp3) is 0.0667. The van der Waals surface area contributed by atoms with E-state index in [9.17, 15) is 4.79 Å². The molecule has 19 heavy (non-hydrogen) atoms. The number of carbonyl (C=O) groups excluding carboxylic acids is 1. The van der Waals surface area contributed by atoms with Gasteiger partial charge in [0.15, 0.2) is 0 Å². The van der Waals surface area contributed by atoms with Gasteiger partial charge in [0, 0.05) is 16.7 Å². The molecule has 2 rings (SSSR count). The predicted octanol–water partition coefficient (Wildman–Crippen LogP) is 3.80. The van der Waals surface area contributed by atoms with Gasteiger partial charge in [-0.2, -0.15) is 0 Å². The van der Waals surface area contributed by atoms with Gasteiger partial charge in [-0.1, -0.05) is 29.8 Å². The zero-order valence-corrected chi connectivity index (χ0v) is 12.0. The van der Waals surface area contributed by atoms with Crippen LogP contribution in [-0.2, 0) is 4.79 Å². The van der Waals surface area contributed by atoms with E-state index in [2.05, 4.69) is 26.2 Å². The molecule has 0 aliphatic heterocycles. The Morgan fingerprint density at radius 2 is 1.95 bits per heavy atom. The van der Waals surface area contributed by atoms with Crippen LogP contribution in [0.2, 0.25) is 0 Å². The van der Waals surface area contributed by atoms with Crippen LogP contribution in [0.4, 0.5) is 5.82 Å². The number of nitrogens with one attached hydrogen (secondary N) is 1. The molecule has 1 aromatic heterocycles. The highest BCUT2D eigenvalue weighted by atomic mass is 79.9. The maximum Gasteiger partial charge on any atom is 0.249 e. The number of pyridine rings is 1. The van der Waals surface area contributed by atoms with Gasteiger partial charge in [0.2, 0.25) is 5.91 Å². The summed E-state index contributed by atoms with van der Waals surface area (Å²) in [6.45, 7) is 2.03. The molecule has 0 aliphatic carbocycles. The first kappa shape index (κ1) is 13.5. The summed E-state index contributed by atoms with van der Waals surface area (Å²) in [6, 6.07) is 11.5. The summed E-state index contributed by atoms with van der Waals surface area (Å²) in [5.41, 5.74) is 2.19. The third-order valence-corrected chi connectivity index (χ3v) is 2.95.